The van der Waals surface area contributed by atoms with Gasteiger partial charge in [-0.05, 0) is 35.9 Å². The van der Waals surface area contributed by atoms with Gasteiger partial charge >= 0.3 is 0 Å². The average molecular weight is 368 g/mol. The van der Waals surface area contributed by atoms with E-state index in [4.69, 9.17) is 5.26 Å². The van der Waals surface area contributed by atoms with Crippen molar-refractivity contribution in [2.75, 3.05) is 7.05 Å². The minimum atomic E-state index is -0.0679. The Morgan fingerprint density at radius 1 is 1.22 bits per heavy atom. The minimum Gasteiger partial charge on any atom is -0.350 e. The lowest BCUT2D eigenvalue weighted by Crippen LogP contribution is -2.26. The number of nitrogens with one attached hydrogen (secondary N) is 1. The third-order valence-corrected chi connectivity index (χ3v) is 4.16. The summed E-state index contributed by atoms with van der Waals surface area (Å²) in [7, 11) is 1.77. The maximum Gasteiger partial charge on any atom is 0.270 e. The number of aromatic amines is 1. The van der Waals surface area contributed by atoms with Crippen LogP contribution in [-0.4, -0.2) is 22.8 Å². The molecule has 0 aliphatic rings. The summed E-state index contributed by atoms with van der Waals surface area (Å²) in [5, 5.41) is 9.82. The molecule has 1 N–H and O–H groups in total. The molecular formula is C18H14BrN3O. The highest BCUT2D eigenvalue weighted by Crippen LogP contribution is 2.21. The van der Waals surface area contributed by atoms with Gasteiger partial charge in [0, 0.05) is 29.0 Å². The number of rotatable bonds is 3. The number of hydrogen-bond acceptors (Lipinski definition) is 2. The summed E-state index contributed by atoms with van der Waals surface area (Å²) in [6, 6.07) is 17.1. The van der Waals surface area contributed by atoms with E-state index in [0.717, 1.165) is 20.9 Å². The number of benzene rings is 2. The van der Waals surface area contributed by atoms with E-state index < -0.39 is 0 Å². The van der Waals surface area contributed by atoms with E-state index >= 15 is 0 Å². The highest BCUT2D eigenvalue weighted by Gasteiger charge is 2.14. The maximum atomic E-state index is 12.6. The topological polar surface area (TPSA) is 59.9 Å². The van der Waals surface area contributed by atoms with E-state index in [9.17, 15) is 4.79 Å². The van der Waals surface area contributed by atoms with Gasteiger partial charge in [-0.2, -0.15) is 5.26 Å². The lowest BCUT2D eigenvalue weighted by Gasteiger charge is -2.16. The molecule has 2 aromatic carbocycles. The first-order valence-corrected chi connectivity index (χ1v) is 7.89. The van der Waals surface area contributed by atoms with Gasteiger partial charge < -0.3 is 9.88 Å². The number of carbonyl (C=O) groups is 1. The fourth-order valence-corrected chi connectivity index (χ4v) is 2.81. The summed E-state index contributed by atoms with van der Waals surface area (Å²) in [4.78, 5) is 17.4. The second-order valence-electron chi connectivity index (χ2n) is 5.38. The van der Waals surface area contributed by atoms with Gasteiger partial charge in [0.15, 0.2) is 0 Å². The van der Waals surface area contributed by atoms with Crippen molar-refractivity contribution in [3.05, 3.63) is 69.8 Å². The number of fused-ring (bicyclic) bond motifs is 1. The molecule has 5 heteroatoms. The number of amides is 1. The van der Waals surface area contributed by atoms with Gasteiger partial charge in [-0.1, -0.05) is 34.1 Å². The van der Waals surface area contributed by atoms with Crippen LogP contribution in [0.5, 0.6) is 0 Å². The average Bonchev–Trinajstić information content (AvgIpc) is 2.97. The molecule has 114 valence electrons. The molecule has 0 spiro atoms. The summed E-state index contributed by atoms with van der Waals surface area (Å²) in [5.41, 5.74) is 3.09. The lowest BCUT2D eigenvalue weighted by molar-refractivity contribution is 0.0780. The Labute approximate surface area is 142 Å². The zero-order chi connectivity index (χ0) is 16.4. The predicted octanol–water partition coefficient (Wildman–Crippen LogP) is 4.07. The Morgan fingerprint density at radius 3 is 2.65 bits per heavy atom. The Hall–Kier alpha value is -2.58. The number of hydrogen-bond donors (Lipinski definition) is 1. The maximum absolute atomic E-state index is 12.6. The van der Waals surface area contributed by atoms with Gasteiger partial charge in [-0.15, -0.1) is 0 Å². The van der Waals surface area contributed by atoms with Crippen molar-refractivity contribution < 1.29 is 4.79 Å². The van der Waals surface area contributed by atoms with Gasteiger partial charge in [0.2, 0.25) is 0 Å². The van der Waals surface area contributed by atoms with Crippen LogP contribution in [-0.2, 0) is 6.54 Å². The highest BCUT2D eigenvalue weighted by molar-refractivity contribution is 9.10. The van der Waals surface area contributed by atoms with Crippen LogP contribution in [0.1, 0.15) is 21.6 Å². The lowest BCUT2D eigenvalue weighted by atomic mass is 10.1. The van der Waals surface area contributed by atoms with E-state index in [1.54, 1.807) is 24.1 Å². The molecule has 0 unspecified atom stereocenters. The SMILES string of the molecule is CN(Cc1ccc(C#N)cc1)C(=O)c1cc2ccc(Br)cc2[nH]1. The van der Waals surface area contributed by atoms with Crippen LogP contribution in [0.2, 0.25) is 0 Å². The number of carbonyl (C=O) groups excluding carboxylic acids is 1. The fraction of sp³-hybridized carbons (Fsp3) is 0.111. The van der Waals surface area contributed by atoms with Gasteiger partial charge in [-0.25, -0.2) is 0 Å². The van der Waals surface area contributed by atoms with Crippen molar-refractivity contribution >= 4 is 32.7 Å². The van der Waals surface area contributed by atoms with Crippen LogP contribution in [0.3, 0.4) is 0 Å². The first-order valence-electron chi connectivity index (χ1n) is 7.09. The number of aromatic nitrogens is 1. The van der Waals surface area contributed by atoms with E-state index in [0.29, 0.717) is 17.8 Å². The van der Waals surface area contributed by atoms with Crippen molar-refractivity contribution in [2.45, 2.75) is 6.54 Å². The van der Waals surface area contributed by atoms with Crippen LogP contribution < -0.4 is 0 Å². The molecule has 1 aromatic heterocycles. The summed E-state index contributed by atoms with van der Waals surface area (Å²) >= 11 is 3.43. The zero-order valence-corrected chi connectivity index (χ0v) is 14.1. The molecule has 1 amide bonds. The van der Waals surface area contributed by atoms with Crippen LogP contribution in [0.4, 0.5) is 0 Å². The Morgan fingerprint density at radius 2 is 1.96 bits per heavy atom. The monoisotopic (exact) mass is 367 g/mol. The Bertz CT molecular complexity index is 906. The molecule has 0 atom stereocenters. The van der Waals surface area contributed by atoms with E-state index in [-0.39, 0.29) is 5.91 Å². The molecule has 0 aliphatic heterocycles. The molecule has 0 fully saturated rings. The molecular weight excluding hydrogens is 354 g/mol. The standard InChI is InChI=1S/C18H14BrN3O/c1-22(11-13-4-2-12(10-20)3-5-13)18(23)17-8-14-6-7-15(19)9-16(14)21-17/h2-9,21H,11H2,1H3. The van der Waals surface area contributed by atoms with Gasteiger partial charge in [-0.3, -0.25) is 4.79 Å². The first kappa shape index (κ1) is 15.3. The molecule has 3 rings (SSSR count). The van der Waals surface area contributed by atoms with Crippen molar-refractivity contribution in [1.29, 1.82) is 5.26 Å². The molecule has 0 saturated carbocycles. The zero-order valence-electron chi connectivity index (χ0n) is 12.5. The Kier molecular flexibility index (Phi) is 4.18. The van der Waals surface area contributed by atoms with Crippen molar-refractivity contribution in [3.8, 4) is 6.07 Å². The number of nitriles is 1. The van der Waals surface area contributed by atoms with E-state index in [1.807, 2.05) is 36.4 Å². The second kappa shape index (κ2) is 6.27. The van der Waals surface area contributed by atoms with Crippen LogP contribution in [0, 0.1) is 11.3 Å². The molecule has 23 heavy (non-hydrogen) atoms. The van der Waals surface area contributed by atoms with E-state index in [2.05, 4.69) is 27.0 Å². The normalized spacial score (nSPS) is 10.5. The van der Waals surface area contributed by atoms with Crippen molar-refractivity contribution in [1.82, 2.24) is 9.88 Å². The number of halogens is 1. The summed E-state index contributed by atoms with van der Waals surface area (Å²) in [6.07, 6.45) is 0. The molecule has 0 aliphatic carbocycles. The molecule has 0 bridgehead atoms. The van der Waals surface area contributed by atoms with Gasteiger partial charge in [0.25, 0.3) is 5.91 Å². The van der Waals surface area contributed by atoms with Crippen LogP contribution in [0.25, 0.3) is 10.9 Å². The van der Waals surface area contributed by atoms with Gasteiger partial charge in [0.05, 0.1) is 11.6 Å². The molecule has 0 radical (unpaired) electrons. The van der Waals surface area contributed by atoms with Crippen LogP contribution in [0.15, 0.2) is 53.0 Å². The van der Waals surface area contributed by atoms with Crippen molar-refractivity contribution in [2.24, 2.45) is 0 Å². The molecule has 0 saturated heterocycles. The first-order chi connectivity index (χ1) is 11.1. The molecule has 1 heterocycles. The number of H-pyrrole nitrogens is 1. The largest absolute Gasteiger partial charge is 0.350 e. The molecule has 3 aromatic rings. The number of nitrogens with zero attached hydrogens (tertiary/aromatic N) is 2. The fourth-order valence-electron chi connectivity index (χ4n) is 2.45. The predicted molar refractivity (Wildman–Crippen MR) is 93.0 cm³/mol. The van der Waals surface area contributed by atoms with Gasteiger partial charge in [0.1, 0.15) is 5.69 Å². The quantitative estimate of drug-likeness (QED) is 0.758. The third kappa shape index (κ3) is 3.27. The molecule has 4 nitrogen and oxygen atoms in total. The summed E-state index contributed by atoms with van der Waals surface area (Å²) in [5.74, 6) is -0.0679. The minimum absolute atomic E-state index is 0.0679. The third-order valence-electron chi connectivity index (χ3n) is 3.66. The smallest absolute Gasteiger partial charge is 0.270 e. The Balaban J connectivity index is 1.78. The van der Waals surface area contributed by atoms with Crippen molar-refractivity contribution in [3.63, 3.8) is 0 Å². The summed E-state index contributed by atoms with van der Waals surface area (Å²) in [6.45, 7) is 0.490. The second-order valence-corrected chi connectivity index (χ2v) is 6.30. The van der Waals surface area contributed by atoms with Crippen LogP contribution >= 0.6 is 15.9 Å². The van der Waals surface area contributed by atoms with E-state index in [1.165, 1.54) is 0 Å². The highest BCUT2D eigenvalue weighted by atomic mass is 79.9. The summed E-state index contributed by atoms with van der Waals surface area (Å²) < 4.78 is 0.969.